The molecule has 1 fully saturated rings. The van der Waals surface area contributed by atoms with Crippen LogP contribution >= 0.6 is 22.6 Å². The smallest absolute Gasteiger partial charge is 0.230 e. The van der Waals surface area contributed by atoms with Gasteiger partial charge in [0.1, 0.15) is 12.0 Å². The molecule has 0 aromatic heterocycles. The number of anilines is 3. The fraction of sp³-hybridized carbons (Fsp3) is 0.174. The highest BCUT2D eigenvalue weighted by Crippen LogP contribution is 2.36. The minimum absolute atomic E-state index is 0.0452. The van der Waals surface area contributed by atoms with Crippen LogP contribution in [0.4, 0.5) is 30.2 Å². The average molecular weight is 553 g/mol. The Labute approximate surface area is 196 Å². The summed E-state index contributed by atoms with van der Waals surface area (Å²) in [7, 11) is 0. The Morgan fingerprint density at radius 2 is 1.75 bits per heavy atom. The number of amides is 1. The van der Waals surface area contributed by atoms with E-state index in [4.69, 9.17) is 0 Å². The molecule has 0 aliphatic carbocycles. The zero-order valence-corrected chi connectivity index (χ0v) is 18.8. The highest BCUT2D eigenvalue weighted by atomic mass is 127. The molecule has 0 bridgehead atoms. The Bertz CT molecular complexity index is 1140. The first-order valence-electron chi connectivity index (χ1n) is 9.81. The van der Waals surface area contributed by atoms with Crippen LogP contribution in [0.5, 0.6) is 0 Å². The van der Waals surface area contributed by atoms with Crippen LogP contribution in [0.3, 0.4) is 0 Å². The minimum atomic E-state index is -1.31. The van der Waals surface area contributed by atoms with E-state index in [0.717, 1.165) is 6.07 Å². The second-order valence-electron chi connectivity index (χ2n) is 7.45. The summed E-state index contributed by atoms with van der Waals surface area (Å²) in [5, 5.41) is 16.2. The lowest BCUT2D eigenvalue weighted by atomic mass is 9.96. The van der Waals surface area contributed by atoms with Crippen LogP contribution in [-0.4, -0.2) is 29.0 Å². The Morgan fingerprint density at radius 1 is 1.03 bits per heavy atom. The van der Waals surface area contributed by atoms with Gasteiger partial charge >= 0.3 is 0 Å². The average Bonchev–Trinajstić information content (AvgIpc) is 2.72. The summed E-state index contributed by atoms with van der Waals surface area (Å²) in [4.78, 5) is 13.9. The van der Waals surface area contributed by atoms with Crippen molar-refractivity contribution in [1.82, 2.24) is 4.90 Å². The minimum Gasteiger partial charge on any atom is -0.374 e. The van der Waals surface area contributed by atoms with Crippen LogP contribution < -0.4 is 10.6 Å². The van der Waals surface area contributed by atoms with E-state index in [1.54, 1.807) is 35.2 Å². The Kier molecular flexibility index (Phi) is 6.68. The molecule has 9 heteroatoms. The predicted molar refractivity (Wildman–Crippen MR) is 124 cm³/mol. The summed E-state index contributed by atoms with van der Waals surface area (Å²) in [5.74, 6) is -3.54. The van der Waals surface area contributed by atoms with Crippen LogP contribution in [-0.2, 0) is 4.79 Å². The topological polar surface area (TPSA) is 64.6 Å². The Hall–Kier alpha value is -2.63. The number of hydrogen-bond acceptors (Lipinski definition) is 4. The molecule has 1 atom stereocenters. The summed E-state index contributed by atoms with van der Waals surface area (Å²) >= 11 is 1.94. The number of para-hydroxylation sites is 1. The summed E-state index contributed by atoms with van der Waals surface area (Å²) in [5.41, 5.74) is 0.314. The fourth-order valence-electron chi connectivity index (χ4n) is 3.47. The predicted octanol–water partition coefficient (Wildman–Crippen LogP) is 5.01. The number of hydrogen-bond donors (Lipinski definition) is 3. The van der Waals surface area contributed by atoms with Gasteiger partial charge in [-0.25, -0.2) is 13.2 Å². The van der Waals surface area contributed by atoms with Crippen molar-refractivity contribution >= 4 is 45.6 Å². The molecule has 1 saturated heterocycles. The summed E-state index contributed by atoms with van der Waals surface area (Å²) < 4.78 is 43.4. The van der Waals surface area contributed by atoms with Gasteiger partial charge in [0.2, 0.25) is 5.91 Å². The maximum absolute atomic E-state index is 14.6. The number of carbonyl (C=O) groups excluding carboxylic acids is 1. The molecule has 3 aromatic carbocycles. The van der Waals surface area contributed by atoms with Crippen molar-refractivity contribution in [3.8, 4) is 0 Å². The van der Waals surface area contributed by atoms with E-state index in [1.165, 1.54) is 18.2 Å². The van der Waals surface area contributed by atoms with E-state index in [1.807, 2.05) is 28.7 Å². The molecule has 1 aliphatic heterocycles. The first-order chi connectivity index (χ1) is 15.3. The maximum atomic E-state index is 14.6. The monoisotopic (exact) mass is 553 g/mol. The van der Waals surface area contributed by atoms with Gasteiger partial charge in [0.15, 0.2) is 11.6 Å². The van der Waals surface area contributed by atoms with Gasteiger partial charge in [-0.2, -0.15) is 0 Å². The van der Waals surface area contributed by atoms with Crippen LogP contribution in [0.25, 0.3) is 0 Å². The van der Waals surface area contributed by atoms with Gasteiger partial charge in [-0.3, -0.25) is 9.69 Å². The highest BCUT2D eigenvalue weighted by molar-refractivity contribution is 14.1. The van der Waals surface area contributed by atoms with Gasteiger partial charge in [-0.15, -0.1) is 0 Å². The van der Waals surface area contributed by atoms with Crippen molar-refractivity contribution in [2.24, 2.45) is 5.92 Å². The normalized spacial score (nSPS) is 15.2. The van der Waals surface area contributed by atoms with Crippen molar-refractivity contribution in [3.63, 3.8) is 0 Å². The van der Waals surface area contributed by atoms with Gasteiger partial charge < -0.3 is 15.7 Å². The first kappa shape index (κ1) is 22.6. The number of nitrogens with one attached hydrogen (secondary N) is 2. The van der Waals surface area contributed by atoms with E-state index in [2.05, 4.69) is 10.6 Å². The van der Waals surface area contributed by atoms with E-state index in [-0.39, 0.29) is 41.9 Å². The molecule has 1 unspecified atom stereocenters. The van der Waals surface area contributed by atoms with Gasteiger partial charge in [0, 0.05) is 27.9 Å². The van der Waals surface area contributed by atoms with Crippen LogP contribution in [0.2, 0.25) is 0 Å². The first-order valence-corrected chi connectivity index (χ1v) is 10.9. The molecule has 32 heavy (non-hydrogen) atoms. The summed E-state index contributed by atoms with van der Waals surface area (Å²) in [6, 6.07) is 15.4. The van der Waals surface area contributed by atoms with Gasteiger partial charge in [-0.05, 0) is 65.1 Å². The Balaban J connectivity index is 1.49. The van der Waals surface area contributed by atoms with Gasteiger partial charge in [-0.1, -0.05) is 18.2 Å². The number of carbonyl (C=O) groups is 1. The van der Waals surface area contributed by atoms with Crippen LogP contribution in [0, 0.1) is 26.9 Å². The van der Waals surface area contributed by atoms with E-state index < -0.39 is 23.7 Å². The van der Waals surface area contributed by atoms with Crippen molar-refractivity contribution in [2.75, 3.05) is 23.7 Å². The van der Waals surface area contributed by atoms with Crippen molar-refractivity contribution in [2.45, 2.75) is 6.23 Å². The third-order valence-electron chi connectivity index (χ3n) is 5.26. The number of likely N-dealkylation sites (tertiary alicyclic amines) is 1. The summed E-state index contributed by atoms with van der Waals surface area (Å²) in [6.45, 7) is 0.465. The summed E-state index contributed by atoms with van der Waals surface area (Å²) in [6.07, 6.45) is -1.31. The van der Waals surface area contributed by atoms with E-state index >= 15 is 0 Å². The number of rotatable bonds is 6. The maximum Gasteiger partial charge on any atom is 0.230 e. The molecule has 4 rings (SSSR count). The molecule has 3 aromatic rings. The van der Waals surface area contributed by atoms with Crippen molar-refractivity contribution < 1.29 is 23.1 Å². The molecule has 166 valence electrons. The molecule has 0 spiro atoms. The quantitative estimate of drug-likeness (QED) is 0.376. The second-order valence-corrected chi connectivity index (χ2v) is 8.70. The van der Waals surface area contributed by atoms with E-state index in [0.29, 0.717) is 9.26 Å². The molecular formula is C23H19F3IN3O2. The Morgan fingerprint density at radius 3 is 2.44 bits per heavy atom. The molecule has 1 amide bonds. The molecule has 1 aliphatic rings. The lowest BCUT2D eigenvalue weighted by Crippen LogP contribution is -2.53. The van der Waals surface area contributed by atoms with Gasteiger partial charge in [0.25, 0.3) is 0 Å². The molecule has 0 saturated carbocycles. The number of benzene rings is 3. The number of halogens is 4. The molecule has 1 heterocycles. The number of aliphatic hydroxyl groups excluding tert-OH is 1. The molecule has 0 radical (unpaired) electrons. The number of nitrogens with zero attached hydrogens (tertiary/aromatic N) is 1. The molecule has 3 N–H and O–H groups in total. The molecular weight excluding hydrogens is 534 g/mol. The lowest BCUT2D eigenvalue weighted by Gasteiger charge is -2.41. The van der Waals surface area contributed by atoms with Crippen molar-refractivity contribution in [1.29, 1.82) is 0 Å². The third kappa shape index (κ3) is 4.74. The SMILES string of the molecule is O=C(Nc1ccccc1)C1CN(C(O)c2ccc(F)c(F)c2Nc2ccc(I)cc2F)C1. The second kappa shape index (κ2) is 9.47. The van der Waals surface area contributed by atoms with Crippen LogP contribution in [0.15, 0.2) is 60.7 Å². The largest absolute Gasteiger partial charge is 0.374 e. The third-order valence-corrected chi connectivity index (χ3v) is 5.93. The lowest BCUT2D eigenvalue weighted by molar-refractivity contribution is -0.132. The van der Waals surface area contributed by atoms with E-state index in [9.17, 15) is 23.1 Å². The zero-order chi connectivity index (χ0) is 22.8. The molecule has 5 nitrogen and oxygen atoms in total. The van der Waals surface area contributed by atoms with Crippen molar-refractivity contribution in [3.05, 3.63) is 87.2 Å². The van der Waals surface area contributed by atoms with Crippen LogP contribution in [0.1, 0.15) is 11.8 Å². The zero-order valence-electron chi connectivity index (χ0n) is 16.7. The number of aliphatic hydroxyl groups is 1. The van der Waals surface area contributed by atoms with Gasteiger partial charge in [0.05, 0.1) is 17.3 Å². The fourth-order valence-corrected chi connectivity index (χ4v) is 3.93. The highest BCUT2D eigenvalue weighted by Gasteiger charge is 2.38. The standard InChI is InChI=1S/C23H19F3IN3O2/c24-17-8-7-16(21(20(17)26)29-19-9-6-14(27)10-18(19)25)23(32)30-11-13(12-30)22(31)28-15-4-2-1-3-5-15/h1-10,13,23,29,32H,11-12H2,(H,28,31).